The van der Waals surface area contributed by atoms with Gasteiger partial charge >= 0.3 is 6.03 Å². The van der Waals surface area contributed by atoms with Gasteiger partial charge in [-0.2, -0.15) is 0 Å². The molecule has 4 heteroatoms. The highest BCUT2D eigenvalue weighted by Crippen LogP contribution is 1.99. The van der Waals surface area contributed by atoms with E-state index in [1.54, 1.807) is 14.0 Å². The second kappa shape index (κ2) is 5.62. The van der Waals surface area contributed by atoms with E-state index < -0.39 is 6.04 Å². The van der Waals surface area contributed by atoms with Gasteiger partial charge in [-0.15, -0.1) is 0 Å². The van der Waals surface area contributed by atoms with Crippen LogP contribution in [0, 0.1) is 5.92 Å². The number of amides is 2. The fraction of sp³-hybridized carbons (Fsp3) is 0.800. The van der Waals surface area contributed by atoms with Gasteiger partial charge in [0.05, 0.1) is 6.04 Å². The number of carbonyl (C=O) groups is 2. The third-order valence-electron chi connectivity index (χ3n) is 2.16. The van der Waals surface area contributed by atoms with Crippen LogP contribution in [-0.2, 0) is 4.79 Å². The number of urea groups is 1. The van der Waals surface area contributed by atoms with Crippen molar-refractivity contribution in [2.45, 2.75) is 33.7 Å². The number of nitrogens with one attached hydrogen (secondary N) is 1. The molecule has 0 saturated carbocycles. The van der Waals surface area contributed by atoms with Crippen LogP contribution in [0.2, 0.25) is 0 Å². The highest BCUT2D eigenvalue weighted by molar-refractivity contribution is 5.89. The Balaban J connectivity index is 4.12. The minimum absolute atomic E-state index is 0.0442. The maximum atomic E-state index is 11.5. The van der Waals surface area contributed by atoms with Crippen molar-refractivity contribution in [2.24, 2.45) is 5.92 Å². The summed E-state index contributed by atoms with van der Waals surface area (Å²) >= 11 is 0. The Hall–Kier alpha value is -1.06. The molecule has 0 aliphatic carbocycles. The van der Waals surface area contributed by atoms with Gasteiger partial charge in [-0.3, -0.25) is 4.79 Å². The zero-order valence-corrected chi connectivity index (χ0v) is 9.63. The highest BCUT2D eigenvalue weighted by atomic mass is 16.2. The molecule has 1 unspecified atom stereocenters. The van der Waals surface area contributed by atoms with E-state index in [1.165, 1.54) is 4.90 Å². The molecule has 1 atom stereocenters. The molecule has 0 spiro atoms. The molecule has 1 N–H and O–H groups in total. The van der Waals surface area contributed by atoms with E-state index in [0.29, 0.717) is 6.54 Å². The van der Waals surface area contributed by atoms with Crippen molar-refractivity contribution >= 4 is 11.8 Å². The van der Waals surface area contributed by atoms with Gasteiger partial charge in [0.2, 0.25) is 0 Å². The summed E-state index contributed by atoms with van der Waals surface area (Å²) in [6.45, 7) is 7.88. The molecular formula is C10H20N2O2. The zero-order chi connectivity index (χ0) is 11.3. The first-order chi connectivity index (χ1) is 6.40. The normalized spacial score (nSPS) is 12.4. The first-order valence-electron chi connectivity index (χ1n) is 4.95. The molecule has 0 fully saturated rings. The van der Waals surface area contributed by atoms with Crippen LogP contribution in [0.15, 0.2) is 0 Å². The molecule has 0 aromatic heterocycles. The van der Waals surface area contributed by atoms with Gasteiger partial charge in [0, 0.05) is 19.5 Å². The van der Waals surface area contributed by atoms with Crippen molar-refractivity contribution in [2.75, 3.05) is 13.6 Å². The van der Waals surface area contributed by atoms with Crippen molar-refractivity contribution in [1.29, 1.82) is 0 Å². The standard InChI is InChI=1S/C10H20N2O2/c1-6-12(5)10(14)11-8(4)9(13)7(2)3/h7-8H,6H2,1-5H3,(H,11,14). The molecule has 4 nitrogen and oxygen atoms in total. The molecule has 0 bridgehead atoms. The number of carbonyl (C=O) groups excluding carboxylic acids is 2. The quantitative estimate of drug-likeness (QED) is 0.742. The Morgan fingerprint density at radius 1 is 1.29 bits per heavy atom. The topological polar surface area (TPSA) is 49.4 Å². The lowest BCUT2D eigenvalue weighted by atomic mass is 10.0. The van der Waals surface area contributed by atoms with Gasteiger partial charge in [0.15, 0.2) is 5.78 Å². The lowest BCUT2D eigenvalue weighted by Gasteiger charge is -2.20. The summed E-state index contributed by atoms with van der Waals surface area (Å²) in [4.78, 5) is 24.4. The number of hydrogen-bond donors (Lipinski definition) is 1. The van der Waals surface area contributed by atoms with E-state index >= 15 is 0 Å². The van der Waals surface area contributed by atoms with E-state index in [4.69, 9.17) is 0 Å². The van der Waals surface area contributed by atoms with Crippen LogP contribution in [0.3, 0.4) is 0 Å². The fourth-order valence-electron chi connectivity index (χ4n) is 1.01. The van der Waals surface area contributed by atoms with Gasteiger partial charge < -0.3 is 10.2 Å². The van der Waals surface area contributed by atoms with Crippen LogP contribution in [0.5, 0.6) is 0 Å². The maximum Gasteiger partial charge on any atom is 0.317 e. The van der Waals surface area contributed by atoms with Crippen molar-refractivity contribution in [3.63, 3.8) is 0 Å². The molecule has 82 valence electrons. The van der Waals surface area contributed by atoms with Crippen LogP contribution < -0.4 is 5.32 Å². The third kappa shape index (κ3) is 3.77. The van der Waals surface area contributed by atoms with Gasteiger partial charge in [0.1, 0.15) is 0 Å². The maximum absolute atomic E-state index is 11.5. The molecule has 0 aliphatic rings. The van der Waals surface area contributed by atoms with Crippen LogP contribution >= 0.6 is 0 Å². The van der Waals surface area contributed by atoms with Crippen LogP contribution in [-0.4, -0.2) is 36.3 Å². The molecule has 0 saturated heterocycles. The number of Topliss-reactive ketones (excluding diaryl/α,β-unsaturated/α-hetero) is 1. The highest BCUT2D eigenvalue weighted by Gasteiger charge is 2.19. The van der Waals surface area contributed by atoms with Crippen molar-refractivity contribution in [1.82, 2.24) is 10.2 Å². The smallest absolute Gasteiger partial charge is 0.317 e. The Bertz CT molecular complexity index is 214. The minimum Gasteiger partial charge on any atom is -0.328 e. The predicted molar refractivity (Wildman–Crippen MR) is 56.1 cm³/mol. The summed E-state index contributed by atoms with van der Waals surface area (Å²) in [5, 5.41) is 2.65. The summed E-state index contributed by atoms with van der Waals surface area (Å²) in [6, 6.07) is -0.606. The Kier molecular flexibility index (Phi) is 5.20. The first-order valence-corrected chi connectivity index (χ1v) is 4.95. The number of ketones is 1. The minimum atomic E-state index is -0.406. The number of hydrogen-bond acceptors (Lipinski definition) is 2. The fourth-order valence-corrected chi connectivity index (χ4v) is 1.01. The van der Waals surface area contributed by atoms with Crippen LogP contribution in [0.1, 0.15) is 27.7 Å². The van der Waals surface area contributed by atoms with E-state index in [1.807, 2.05) is 20.8 Å². The van der Waals surface area contributed by atoms with Crippen LogP contribution in [0.4, 0.5) is 4.79 Å². The van der Waals surface area contributed by atoms with E-state index in [-0.39, 0.29) is 17.7 Å². The van der Waals surface area contributed by atoms with Crippen molar-refractivity contribution in [3.8, 4) is 0 Å². The molecule has 0 aromatic rings. The summed E-state index contributed by atoms with van der Waals surface area (Å²) in [6.07, 6.45) is 0. The summed E-state index contributed by atoms with van der Waals surface area (Å²) in [7, 11) is 1.70. The van der Waals surface area contributed by atoms with E-state index in [2.05, 4.69) is 5.32 Å². The average molecular weight is 200 g/mol. The van der Waals surface area contributed by atoms with Gasteiger partial charge in [-0.25, -0.2) is 4.79 Å². The molecule has 0 radical (unpaired) electrons. The third-order valence-corrected chi connectivity index (χ3v) is 2.16. The SMILES string of the molecule is CCN(C)C(=O)NC(C)C(=O)C(C)C. The average Bonchev–Trinajstić information content (AvgIpc) is 2.14. The zero-order valence-electron chi connectivity index (χ0n) is 9.63. The van der Waals surface area contributed by atoms with Crippen molar-refractivity contribution < 1.29 is 9.59 Å². The Morgan fingerprint density at radius 3 is 2.14 bits per heavy atom. The summed E-state index contributed by atoms with van der Waals surface area (Å²) < 4.78 is 0. The molecule has 0 rings (SSSR count). The molecule has 0 aliphatic heterocycles. The lowest BCUT2D eigenvalue weighted by molar-refractivity contribution is -0.123. The number of rotatable bonds is 4. The van der Waals surface area contributed by atoms with Gasteiger partial charge in [0.25, 0.3) is 0 Å². The van der Waals surface area contributed by atoms with E-state index in [9.17, 15) is 9.59 Å². The summed E-state index contributed by atoms with van der Waals surface area (Å²) in [5.41, 5.74) is 0. The van der Waals surface area contributed by atoms with Crippen LogP contribution in [0.25, 0.3) is 0 Å². The van der Waals surface area contributed by atoms with Gasteiger partial charge in [-0.05, 0) is 13.8 Å². The first kappa shape index (κ1) is 12.9. The number of nitrogens with zero attached hydrogens (tertiary/aromatic N) is 1. The largest absolute Gasteiger partial charge is 0.328 e. The lowest BCUT2D eigenvalue weighted by Crippen LogP contribution is -2.46. The molecule has 2 amide bonds. The Morgan fingerprint density at radius 2 is 1.79 bits per heavy atom. The predicted octanol–water partition coefficient (Wildman–Crippen LogP) is 1.26. The Labute approximate surface area is 85.7 Å². The second-order valence-electron chi connectivity index (χ2n) is 3.74. The van der Waals surface area contributed by atoms with Gasteiger partial charge in [-0.1, -0.05) is 13.8 Å². The van der Waals surface area contributed by atoms with E-state index in [0.717, 1.165) is 0 Å². The molecule has 14 heavy (non-hydrogen) atoms. The summed E-state index contributed by atoms with van der Waals surface area (Å²) in [5.74, 6) is 0.0140. The molecular weight excluding hydrogens is 180 g/mol. The second-order valence-corrected chi connectivity index (χ2v) is 3.74. The monoisotopic (exact) mass is 200 g/mol. The van der Waals surface area contributed by atoms with Crippen molar-refractivity contribution in [3.05, 3.63) is 0 Å². The molecule has 0 aromatic carbocycles. The molecule has 0 heterocycles.